The molecule has 3 rings (SSSR count). The minimum absolute atomic E-state index is 0.200. The number of nitrogen functional groups attached to an aromatic ring is 1. The van der Waals surface area contributed by atoms with Gasteiger partial charge in [-0.1, -0.05) is 0 Å². The quantitative estimate of drug-likeness (QED) is 0.791. The number of aromatic nitrogens is 4. The van der Waals surface area contributed by atoms with Gasteiger partial charge in [0.1, 0.15) is 18.1 Å². The average molecular weight is 253 g/mol. The van der Waals surface area contributed by atoms with Crippen molar-refractivity contribution in [2.75, 3.05) is 19.0 Å². The summed E-state index contributed by atoms with van der Waals surface area (Å²) < 4.78 is 19.9. The molecule has 2 aromatic rings. The van der Waals surface area contributed by atoms with Crippen LogP contribution in [-0.2, 0) is 4.74 Å². The van der Waals surface area contributed by atoms with Gasteiger partial charge >= 0.3 is 0 Å². The van der Waals surface area contributed by atoms with Gasteiger partial charge in [-0.15, -0.1) is 0 Å². The van der Waals surface area contributed by atoms with Crippen molar-refractivity contribution in [3.63, 3.8) is 0 Å². The number of rotatable bonds is 3. The summed E-state index contributed by atoms with van der Waals surface area (Å²) in [5.74, 6) is -0.128. The summed E-state index contributed by atoms with van der Waals surface area (Å²) in [6.45, 7) is -0.773. The van der Waals surface area contributed by atoms with Gasteiger partial charge in [-0.05, 0) is 0 Å². The first-order valence-corrected chi connectivity index (χ1v) is 5.51. The van der Waals surface area contributed by atoms with E-state index in [4.69, 9.17) is 15.6 Å². The number of nitrogens with two attached hydrogens (primary N) is 1. The van der Waals surface area contributed by atoms with Crippen LogP contribution in [0, 0.1) is 5.92 Å². The SMILES string of the molecule is Nc1ncnc2c1ncn2[C@@H]1O[C@H](CO)[C@H]1CF. The highest BCUT2D eigenvalue weighted by molar-refractivity contribution is 5.81. The third-order valence-corrected chi connectivity index (χ3v) is 3.18. The Kier molecular flexibility index (Phi) is 2.60. The number of imidazole rings is 1. The molecule has 0 aliphatic carbocycles. The lowest BCUT2D eigenvalue weighted by Gasteiger charge is -2.42. The van der Waals surface area contributed by atoms with Crippen molar-refractivity contribution in [3.05, 3.63) is 12.7 Å². The molecule has 3 N–H and O–H groups in total. The van der Waals surface area contributed by atoms with Crippen LogP contribution in [0.2, 0.25) is 0 Å². The fourth-order valence-electron chi connectivity index (χ4n) is 2.16. The monoisotopic (exact) mass is 253 g/mol. The molecule has 0 amide bonds. The molecule has 1 aliphatic heterocycles. The molecule has 96 valence electrons. The Labute approximate surface area is 101 Å². The molecule has 1 saturated heterocycles. The predicted octanol–water partition coefficient (Wildman–Crippen LogP) is -0.116. The Morgan fingerprint density at radius 2 is 2.28 bits per heavy atom. The predicted molar refractivity (Wildman–Crippen MR) is 60.2 cm³/mol. The molecule has 3 atom stereocenters. The van der Waals surface area contributed by atoms with Crippen LogP contribution in [0.25, 0.3) is 11.2 Å². The first kappa shape index (κ1) is 11.3. The lowest BCUT2D eigenvalue weighted by atomic mass is 9.96. The second-order valence-electron chi connectivity index (χ2n) is 4.15. The normalized spacial score (nSPS) is 27.3. The molecule has 0 bridgehead atoms. The van der Waals surface area contributed by atoms with E-state index < -0.39 is 24.9 Å². The number of aliphatic hydroxyl groups is 1. The molecule has 18 heavy (non-hydrogen) atoms. The maximum absolute atomic E-state index is 12.9. The molecule has 0 radical (unpaired) electrons. The van der Waals surface area contributed by atoms with E-state index >= 15 is 0 Å². The lowest BCUT2D eigenvalue weighted by Crippen LogP contribution is -2.48. The van der Waals surface area contributed by atoms with Gasteiger partial charge in [-0.2, -0.15) is 0 Å². The first-order valence-electron chi connectivity index (χ1n) is 5.51. The van der Waals surface area contributed by atoms with Crippen molar-refractivity contribution < 1.29 is 14.2 Å². The van der Waals surface area contributed by atoms with Crippen molar-refractivity contribution >= 4 is 17.0 Å². The number of hydrogen-bond donors (Lipinski definition) is 2. The van der Waals surface area contributed by atoms with Crippen LogP contribution in [0.15, 0.2) is 12.7 Å². The van der Waals surface area contributed by atoms with E-state index in [0.717, 1.165) is 0 Å². The number of nitrogens with zero attached hydrogens (tertiary/aromatic N) is 4. The topological polar surface area (TPSA) is 99.1 Å². The van der Waals surface area contributed by atoms with Gasteiger partial charge in [-0.25, -0.2) is 15.0 Å². The molecule has 0 unspecified atom stereocenters. The smallest absolute Gasteiger partial charge is 0.167 e. The number of alkyl halides is 1. The molecule has 0 saturated carbocycles. The number of ether oxygens (including phenoxy) is 1. The zero-order valence-electron chi connectivity index (χ0n) is 9.40. The standard InChI is InChI=1S/C10H12FN5O2/c11-1-5-6(2-17)18-10(5)16-4-15-7-8(12)13-3-14-9(7)16/h3-6,10,17H,1-2H2,(H2,12,13,14)/t5-,6-,10-/m1/s1. The fourth-order valence-corrected chi connectivity index (χ4v) is 2.16. The van der Waals surface area contributed by atoms with Crippen LogP contribution in [0.3, 0.4) is 0 Å². The number of halogens is 1. The van der Waals surface area contributed by atoms with Crippen molar-refractivity contribution in [2.24, 2.45) is 5.92 Å². The maximum Gasteiger partial charge on any atom is 0.167 e. The molecular formula is C10H12FN5O2. The van der Waals surface area contributed by atoms with Crippen LogP contribution in [0.5, 0.6) is 0 Å². The Balaban J connectivity index is 1.99. The van der Waals surface area contributed by atoms with Crippen LogP contribution >= 0.6 is 0 Å². The average Bonchev–Trinajstić information content (AvgIpc) is 2.75. The van der Waals surface area contributed by atoms with E-state index in [-0.39, 0.29) is 12.4 Å². The summed E-state index contributed by atoms with van der Waals surface area (Å²) in [5.41, 5.74) is 6.63. The number of anilines is 1. The summed E-state index contributed by atoms with van der Waals surface area (Å²) in [4.78, 5) is 12.0. The molecule has 0 aromatic carbocycles. The zero-order valence-corrected chi connectivity index (χ0v) is 9.40. The van der Waals surface area contributed by atoms with Crippen molar-refractivity contribution in [1.29, 1.82) is 0 Å². The van der Waals surface area contributed by atoms with Crippen LogP contribution in [-0.4, -0.2) is 44.0 Å². The highest BCUT2D eigenvalue weighted by Crippen LogP contribution is 2.38. The van der Waals surface area contributed by atoms with Gasteiger partial charge in [-0.3, -0.25) is 8.96 Å². The third kappa shape index (κ3) is 1.46. The van der Waals surface area contributed by atoms with Gasteiger partial charge < -0.3 is 15.6 Å². The van der Waals surface area contributed by atoms with Crippen molar-refractivity contribution in [1.82, 2.24) is 19.5 Å². The second kappa shape index (κ2) is 4.14. The largest absolute Gasteiger partial charge is 0.394 e. The fraction of sp³-hybridized carbons (Fsp3) is 0.500. The summed E-state index contributed by atoms with van der Waals surface area (Å²) >= 11 is 0. The Morgan fingerprint density at radius 3 is 3.00 bits per heavy atom. The zero-order chi connectivity index (χ0) is 12.7. The maximum atomic E-state index is 12.9. The number of aliphatic hydroxyl groups excluding tert-OH is 1. The van der Waals surface area contributed by atoms with E-state index in [9.17, 15) is 4.39 Å². The highest BCUT2D eigenvalue weighted by atomic mass is 19.1. The van der Waals surface area contributed by atoms with E-state index in [1.165, 1.54) is 12.7 Å². The number of fused-ring (bicyclic) bond motifs is 1. The highest BCUT2D eigenvalue weighted by Gasteiger charge is 2.44. The molecule has 0 spiro atoms. The van der Waals surface area contributed by atoms with E-state index in [1.54, 1.807) is 4.57 Å². The molecule has 7 nitrogen and oxygen atoms in total. The van der Waals surface area contributed by atoms with Crippen LogP contribution in [0.4, 0.5) is 10.2 Å². The Morgan fingerprint density at radius 1 is 1.44 bits per heavy atom. The molecular weight excluding hydrogens is 241 g/mol. The summed E-state index contributed by atoms with van der Waals surface area (Å²) in [5, 5.41) is 9.00. The van der Waals surface area contributed by atoms with Gasteiger partial charge in [0.15, 0.2) is 11.5 Å². The van der Waals surface area contributed by atoms with E-state index in [0.29, 0.717) is 11.2 Å². The van der Waals surface area contributed by atoms with E-state index in [2.05, 4.69) is 15.0 Å². The summed E-state index contributed by atoms with van der Waals surface area (Å²) in [6.07, 6.45) is 1.84. The van der Waals surface area contributed by atoms with Crippen LogP contribution < -0.4 is 5.73 Å². The summed E-state index contributed by atoms with van der Waals surface area (Å²) in [6, 6.07) is 0. The molecule has 2 aromatic heterocycles. The van der Waals surface area contributed by atoms with Gasteiger partial charge in [0, 0.05) is 0 Å². The Bertz CT molecular complexity index is 574. The van der Waals surface area contributed by atoms with Crippen molar-refractivity contribution in [2.45, 2.75) is 12.3 Å². The molecule has 8 heteroatoms. The second-order valence-corrected chi connectivity index (χ2v) is 4.15. The van der Waals surface area contributed by atoms with Gasteiger partial charge in [0.05, 0.1) is 31.6 Å². The minimum Gasteiger partial charge on any atom is -0.394 e. The lowest BCUT2D eigenvalue weighted by molar-refractivity contribution is -0.237. The van der Waals surface area contributed by atoms with Crippen molar-refractivity contribution in [3.8, 4) is 0 Å². The number of hydrogen-bond acceptors (Lipinski definition) is 6. The Hall–Kier alpha value is -1.80. The third-order valence-electron chi connectivity index (χ3n) is 3.18. The van der Waals surface area contributed by atoms with Gasteiger partial charge in [0.25, 0.3) is 0 Å². The minimum atomic E-state index is -0.573. The van der Waals surface area contributed by atoms with Gasteiger partial charge in [0.2, 0.25) is 0 Å². The molecule has 3 heterocycles. The molecule has 1 fully saturated rings. The first-order chi connectivity index (χ1) is 8.76. The van der Waals surface area contributed by atoms with E-state index in [1.807, 2.05) is 0 Å². The van der Waals surface area contributed by atoms with Crippen LogP contribution in [0.1, 0.15) is 6.23 Å². The molecule has 1 aliphatic rings. The summed E-state index contributed by atoms with van der Waals surface area (Å²) in [7, 11) is 0.